The molecule has 0 radical (unpaired) electrons. The second-order valence-corrected chi connectivity index (χ2v) is 6.20. The molecule has 3 N–H and O–H groups in total. The van der Waals surface area contributed by atoms with Gasteiger partial charge in [0.05, 0.1) is 4.92 Å². The third-order valence-electron chi connectivity index (χ3n) is 3.30. The first-order valence-electron chi connectivity index (χ1n) is 6.92. The Labute approximate surface area is 156 Å². The first-order valence-corrected chi connectivity index (χ1v) is 8.00. The summed E-state index contributed by atoms with van der Waals surface area (Å²) in [5.41, 5.74) is 8.38. The van der Waals surface area contributed by atoms with E-state index in [9.17, 15) is 10.1 Å². The summed E-state index contributed by atoms with van der Waals surface area (Å²) in [6.45, 7) is 0. The van der Waals surface area contributed by atoms with Gasteiger partial charge in [-0.3, -0.25) is 14.8 Å². The number of hydrogen-bond donors (Lipinski definition) is 2. The van der Waals surface area contributed by atoms with Gasteiger partial charge in [0.25, 0.3) is 5.69 Å². The molecule has 0 saturated heterocycles. The zero-order valence-electron chi connectivity index (χ0n) is 12.7. The fourth-order valence-corrected chi connectivity index (χ4v) is 2.66. The molecule has 128 valence electrons. The van der Waals surface area contributed by atoms with E-state index < -0.39 is 4.92 Å². The third kappa shape index (κ3) is 4.38. The summed E-state index contributed by atoms with van der Waals surface area (Å²) in [5.74, 6) is 0.211. The number of nitro benzene ring substituents is 1. The van der Waals surface area contributed by atoms with Crippen LogP contribution in [-0.2, 0) is 0 Å². The van der Waals surface area contributed by atoms with Crippen LogP contribution in [0.4, 0.5) is 27.7 Å². The standard InChI is InChI=1S/C16H12IN5O2.FH/c17-12-4-5-14(15(7-12)22(23)24)21-13-3-1-2-10(6-13)11-8-19-16(18)20-9-11;/h1-9,21H,(H2,18,19,20);1H. The summed E-state index contributed by atoms with van der Waals surface area (Å²) in [4.78, 5) is 18.8. The second-order valence-electron chi connectivity index (χ2n) is 4.95. The van der Waals surface area contributed by atoms with Crippen molar-refractivity contribution in [3.05, 3.63) is 68.5 Å². The van der Waals surface area contributed by atoms with E-state index in [0.717, 1.165) is 20.4 Å². The summed E-state index contributed by atoms with van der Waals surface area (Å²) < 4.78 is 0.803. The lowest BCUT2D eigenvalue weighted by Crippen LogP contribution is -1.98. The van der Waals surface area contributed by atoms with Gasteiger partial charge in [-0.15, -0.1) is 0 Å². The van der Waals surface area contributed by atoms with Crippen LogP contribution in [0.1, 0.15) is 0 Å². The third-order valence-corrected chi connectivity index (χ3v) is 3.97. The van der Waals surface area contributed by atoms with E-state index in [2.05, 4.69) is 15.3 Å². The summed E-state index contributed by atoms with van der Waals surface area (Å²) in [6, 6.07) is 12.5. The number of halogens is 2. The van der Waals surface area contributed by atoms with Crippen molar-refractivity contribution in [3.8, 4) is 11.1 Å². The van der Waals surface area contributed by atoms with Crippen molar-refractivity contribution in [1.29, 1.82) is 0 Å². The molecule has 0 spiro atoms. The van der Waals surface area contributed by atoms with Gasteiger partial charge in [0, 0.05) is 33.3 Å². The predicted molar refractivity (Wildman–Crippen MR) is 103 cm³/mol. The number of nitrogens with zero attached hydrogens (tertiary/aromatic N) is 3. The van der Waals surface area contributed by atoms with Crippen LogP contribution in [0.3, 0.4) is 0 Å². The number of hydrogen-bond acceptors (Lipinski definition) is 6. The maximum absolute atomic E-state index is 11.2. The Morgan fingerprint density at radius 3 is 2.48 bits per heavy atom. The molecule has 0 aliphatic rings. The van der Waals surface area contributed by atoms with Gasteiger partial charge < -0.3 is 11.1 Å². The summed E-state index contributed by atoms with van der Waals surface area (Å²) in [6.07, 6.45) is 3.27. The summed E-state index contributed by atoms with van der Waals surface area (Å²) in [5, 5.41) is 14.3. The Morgan fingerprint density at radius 1 is 1.08 bits per heavy atom. The zero-order chi connectivity index (χ0) is 17.1. The first-order chi connectivity index (χ1) is 11.5. The molecular formula is C16H13FIN5O2. The highest BCUT2D eigenvalue weighted by Gasteiger charge is 2.14. The number of benzene rings is 2. The molecule has 7 nitrogen and oxygen atoms in total. The van der Waals surface area contributed by atoms with Crippen LogP contribution < -0.4 is 11.1 Å². The number of nitrogens with two attached hydrogens (primary N) is 1. The average molecular weight is 453 g/mol. The Bertz CT molecular complexity index is 905. The van der Waals surface area contributed by atoms with Crippen molar-refractivity contribution < 1.29 is 9.63 Å². The molecular weight excluding hydrogens is 440 g/mol. The summed E-state index contributed by atoms with van der Waals surface area (Å²) >= 11 is 2.05. The highest BCUT2D eigenvalue weighted by atomic mass is 127. The van der Waals surface area contributed by atoms with Crippen molar-refractivity contribution >= 4 is 45.6 Å². The highest BCUT2D eigenvalue weighted by Crippen LogP contribution is 2.30. The molecule has 3 aromatic rings. The monoisotopic (exact) mass is 453 g/mol. The lowest BCUT2D eigenvalue weighted by atomic mass is 10.1. The van der Waals surface area contributed by atoms with Gasteiger partial charge >= 0.3 is 0 Å². The maximum atomic E-state index is 11.2. The van der Waals surface area contributed by atoms with Crippen LogP contribution in [0.5, 0.6) is 0 Å². The van der Waals surface area contributed by atoms with Crippen LogP contribution in [0.25, 0.3) is 11.1 Å². The first kappa shape index (κ1) is 18.5. The lowest BCUT2D eigenvalue weighted by Gasteiger charge is -2.09. The Kier molecular flexibility index (Phi) is 5.80. The molecule has 0 saturated carbocycles. The molecule has 0 fully saturated rings. The van der Waals surface area contributed by atoms with E-state index in [-0.39, 0.29) is 16.3 Å². The van der Waals surface area contributed by atoms with Gasteiger partial charge in [0.15, 0.2) is 0 Å². The SMILES string of the molecule is F.Nc1ncc(-c2cccc(Nc3ccc(I)cc3[N+](=O)[O-])c2)cn1. The number of nitro groups is 1. The molecule has 0 aliphatic carbocycles. The van der Waals surface area contributed by atoms with Crippen LogP contribution in [-0.4, -0.2) is 14.9 Å². The minimum Gasteiger partial charge on any atom is -0.368 e. The topological polar surface area (TPSA) is 107 Å². The number of rotatable bonds is 4. The normalized spacial score (nSPS) is 9.96. The van der Waals surface area contributed by atoms with Gasteiger partial charge in [-0.05, 0) is 52.4 Å². The van der Waals surface area contributed by atoms with Crippen molar-refractivity contribution in [2.45, 2.75) is 0 Å². The lowest BCUT2D eigenvalue weighted by molar-refractivity contribution is -0.384. The Hall–Kier alpha value is -2.82. The molecule has 3 rings (SSSR count). The Balaban J connectivity index is 0.00000225. The number of nitrogens with one attached hydrogen (secondary N) is 1. The molecule has 25 heavy (non-hydrogen) atoms. The van der Waals surface area contributed by atoms with Gasteiger partial charge in [-0.2, -0.15) is 0 Å². The number of aromatic nitrogens is 2. The molecule has 1 heterocycles. The Morgan fingerprint density at radius 2 is 1.80 bits per heavy atom. The smallest absolute Gasteiger partial charge is 0.293 e. The van der Waals surface area contributed by atoms with Crippen LogP contribution in [0, 0.1) is 13.7 Å². The number of anilines is 3. The average Bonchev–Trinajstić information content (AvgIpc) is 2.57. The van der Waals surface area contributed by atoms with Crippen molar-refractivity contribution in [1.82, 2.24) is 9.97 Å². The van der Waals surface area contributed by atoms with E-state index in [0.29, 0.717) is 5.69 Å². The molecule has 0 amide bonds. The predicted octanol–water partition coefficient (Wildman–Crippen LogP) is 4.13. The maximum Gasteiger partial charge on any atom is 0.293 e. The molecule has 0 unspecified atom stereocenters. The van der Waals surface area contributed by atoms with Crippen LogP contribution in [0.2, 0.25) is 0 Å². The number of nitrogen functional groups attached to an aromatic ring is 1. The highest BCUT2D eigenvalue weighted by molar-refractivity contribution is 14.1. The van der Waals surface area contributed by atoms with Gasteiger partial charge in [0.2, 0.25) is 5.95 Å². The minimum absolute atomic E-state index is 0. The van der Waals surface area contributed by atoms with E-state index in [4.69, 9.17) is 5.73 Å². The largest absolute Gasteiger partial charge is 0.368 e. The van der Waals surface area contributed by atoms with Crippen molar-refractivity contribution in [2.24, 2.45) is 0 Å². The van der Waals surface area contributed by atoms with Gasteiger partial charge in [-0.25, -0.2) is 9.97 Å². The molecule has 2 aromatic carbocycles. The molecule has 1 aromatic heterocycles. The molecule has 0 atom stereocenters. The minimum atomic E-state index is -0.401. The van der Waals surface area contributed by atoms with Gasteiger partial charge in [-0.1, -0.05) is 12.1 Å². The fraction of sp³-hybridized carbons (Fsp3) is 0. The van der Waals surface area contributed by atoms with E-state index in [1.54, 1.807) is 18.5 Å². The summed E-state index contributed by atoms with van der Waals surface area (Å²) in [7, 11) is 0. The molecule has 9 heteroatoms. The van der Waals surface area contributed by atoms with Crippen LogP contribution in [0.15, 0.2) is 54.9 Å². The van der Waals surface area contributed by atoms with E-state index >= 15 is 0 Å². The quantitative estimate of drug-likeness (QED) is 0.350. The molecule has 0 aliphatic heterocycles. The van der Waals surface area contributed by atoms with Crippen molar-refractivity contribution in [3.63, 3.8) is 0 Å². The van der Waals surface area contributed by atoms with Crippen LogP contribution >= 0.6 is 22.6 Å². The van der Waals surface area contributed by atoms with E-state index in [1.165, 1.54) is 6.07 Å². The molecule has 0 bridgehead atoms. The van der Waals surface area contributed by atoms with Crippen molar-refractivity contribution in [2.75, 3.05) is 11.1 Å². The fourth-order valence-electron chi connectivity index (χ4n) is 2.18. The van der Waals surface area contributed by atoms with Gasteiger partial charge in [0.1, 0.15) is 5.69 Å². The second kappa shape index (κ2) is 7.83. The van der Waals surface area contributed by atoms with E-state index in [1.807, 2.05) is 52.9 Å². The zero-order valence-corrected chi connectivity index (χ0v) is 14.9.